The number of rotatable bonds is 1. The maximum absolute atomic E-state index is 8.45. The van der Waals surface area contributed by atoms with Crippen LogP contribution in [0.5, 0.6) is 0 Å². The first-order valence-corrected chi connectivity index (χ1v) is 3.52. The Morgan fingerprint density at radius 1 is 1.70 bits per heavy atom. The van der Waals surface area contributed by atoms with E-state index in [4.69, 9.17) is 5.11 Å². The van der Waals surface area contributed by atoms with Crippen molar-refractivity contribution < 1.29 is 5.11 Å². The molecule has 0 saturated carbocycles. The fourth-order valence-corrected chi connectivity index (χ4v) is 1.07. The second-order valence-electron chi connectivity index (χ2n) is 2.60. The zero-order chi connectivity index (χ0) is 7.40. The van der Waals surface area contributed by atoms with Gasteiger partial charge in [0.2, 0.25) is 0 Å². The highest BCUT2D eigenvalue weighted by Gasteiger charge is 2.00. The molecule has 0 fully saturated rings. The molecule has 0 aromatic rings. The van der Waals surface area contributed by atoms with Crippen LogP contribution in [0.2, 0.25) is 0 Å². The molecular formula is C9H12O. The minimum Gasteiger partial charge on any atom is -0.516 e. The number of allylic oxidation sites excluding steroid dienone is 5. The van der Waals surface area contributed by atoms with Crippen LogP contribution >= 0.6 is 0 Å². The summed E-state index contributed by atoms with van der Waals surface area (Å²) in [4.78, 5) is 0. The van der Waals surface area contributed by atoms with Gasteiger partial charge in [-0.05, 0) is 24.0 Å². The molecule has 1 nitrogen and oxygen atoms in total. The SMILES string of the molecule is CC1C=C(/C=C/O)C=CC1. The Morgan fingerprint density at radius 3 is 3.10 bits per heavy atom. The minimum atomic E-state index is 0.608. The second kappa shape index (κ2) is 3.25. The van der Waals surface area contributed by atoms with Crippen LogP contribution in [0, 0.1) is 5.92 Å². The van der Waals surface area contributed by atoms with Crippen molar-refractivity contribution in [3.63, 3.8) is 0 Å². The summed E-state index contributed by atoms with van der Waals surface area (Å²) in [6, 6.07) is 0. The van der Waals surface area contributed by atoms with Crippen molar-refractivity contribution in [3.05, 3.63) is 36.1 Å². The zero-order valence-electron chi connectivity index (χ0n) is 6.12. The van der Waals surface area contributed by atoms with E-state index in [-0.39, 0.29) is 0 Å². The van der Waals surface area contributed by atoms with Gasteiger partial charge in [0.1, 0.15) is 0 Å². The minimum absolute atomic E-state index is 0.608. The Balaban J connectivity index is 2.66. The molecule has 1 aliphatic rings. The molecule has 1 heteroatoms. The molecule has 1 unspecified atom stereocenters. The van der Waals surface area contributed by atoms with E-state index < -0.39 is 0 Å². The number of aliphatic hydroxyl groups is 1. The summed E-state index contributed by atoms with van der Waals surface area (Å²) >= 11 is 0. The van der Waals surface area contributed by atoms with Crippen LogP contribution < -0.4 is 0 Å². The molecule has 1 rings (SSSR count). The van der Waals surface area contributed by atoms with Crippen molar-refractivity contribution in [2.45, 2.75) is 13.3 Å². The first-order chi connectivity index (χ1) is 4.83. The quantitative estimate of drug-likeness (QED) is 0.549. The van der Waals surface area contributed by atoms with Crippen molar-refractivity contribution in [2.75, 3.05) is 0 Å². The molecule has 0 saturated heterocycles. The summed E-state index contributed by atoms with van der Waals surface area (Å²) in [5, 5.41) is 8.45. The van der Waals surface area contributed by atoms with Gasteiger partial charge in [-0.2, -0.15) is 0 Å². The average Bonchev–Trinajstić information content (AvgIpc) is 1.88. The fraction of sp³-hybridized carbons (Fsp3) is 0.333. The topological polar surface area (TPSA) is 20.2 Å². The molecule has 0 aromatic carbocycles. The molecule has 0 heterocycles. The lowest BCUT2D eigenvalue weighted by atomic mass is 9.98. The molecule has 54 valence electrons. The lowest BCUT2D eigenvalue weighted by Gasteiger charge is -2.08. The largest absolute Gasteiger partial charge is 0.516 e. The van der Waals surface area contributed by atoms with Gasteiger partial charge in [-0.25, -0.2) is 0 Å². The predicted molar refractivity (Wildman–Crippen MR) is 42.8 cm³/mol. The van der Waals surface area contributed by atoms with Crippen LogP contribution in [0.1, 0.15) is 13.3 Å². The van der Waals surface area contributed by atoms with Crippen molar-refractivity contribution in [1.29, 1.82) is 0 Å². The van der Waals surface area contributed by atoms with Gasteiger partial charge in [0.05, 0.1) is 6.26 Å². The fourth-order valence-electron chi connectivity index (χ4n) is 1.07. The summed E-state index contributed by atoms with van der Waals surface area (Å²) in [5.74, 6) is 0.608. The van der Waals surface area contributed by atoms with E-state index in [1.165, 1.54) is 0 Å². The molecule has 1 aliphatic carbocycles. The summed E-state index contributed by atoms with van der Waals surface area (Å²) in [5.41, 5.74) is 1.10. The normalized spacial score (nSPS) is 25.3. The number of hydrogen-bond acceptors (Lipinski definition) is 1. The molecule has 0 radical (unpaired) electrons. The summed E-state index contributed by atoms with van der Waals surface area (Å²) in [6.45, 7) is 2.16. The van der Waals surface area contributed by atoms with Crippen LogP contribution in [0.25, 0.3) is 0 Å². The highest BCUT2D eigenvalue weighted by atomic mass is 16.2. The molecule has 0 aliphatic heterocycles. The van der Waals surface area contributed by atoms with Gasteiger partial charge in [0, 0.05) is 0 Å². The van der Waals surface area contributed by atoms with Crippen molar-refractivity contribution in [2.24, 2.45) is 5.92 Å². The number of aliphatic hydroxyl groups excluding tert-OH is 1. The van der Waals surface area contributed by atoms with Crippen molar-refractivity contribution in [1.82, 2.24) is 0 Å². The third kappa shape index (κ3) is 1.76. The van der Waals surface area contributed by atoms with Gasteiger partial charge in [0.15, 0.2) is 0 Å². The average molecular weight is 136 g/mol. The van der Waals surface area contributed by atoms with E-state index in [1.54, 1.807) is 6.08 Å². The molecule has 1 N–H and O–H groups in total. The maximum atomic E-state index is 8.45. The lowest BCUT2D eigenvalue weighted by molar-refractivity contribution is 0.473. The Hall–Kier alpha value is -0.980. The molecule has 1 atom stereocenters. The van der Waals surface area contributed by atoms with E-state index in [0.29, 0.717) is 5.92 Å². The van der Waals surface area contributed by atoms with Gasteiger partial charge in [-0.3, -0.25) is 0 Å². The van der Waals surface area contributed by atoms with Gasteiger partial charge in [-0.1, -0.05) is 25.2 Å². The van der Waals surface area contributed by atoms with Gasteiger partial charge in [0.25, 0.3) is 0 Å². The second-order valence-corrected chi connectivity index (χ2v) is 2.60. The standard InChI is InChI=1S/C9H12O/c1-8-3-2-4-9(7-8)5-6-10/h2,4-8,10H,3H2,1H3/b6-5+. The molecule has 10 heavy (non-hydrogen) atoms. The molecular weight excluding hydrogens is 124 g/mol. The first kappa shape index (κ1) is 7.13. The van der Waals surface area contributed by atoms with Gasteiger partial charge >= 0.3 is 0 Å². The summed E-state index contributed by atoms with van der Waals surface area (Å²) in [7, 11) is 0. The smallest absolute Gasteiger partial charge is 0.0797 e. The van der Waals surface area contributed by atoms with E-state index in [2.05, 4.69) is 19.1 Å². The van der Waals surface area contributed by atoms with Crippen molar-refractivity contribution in [3.8, 4) is 0 Å². The van der Waals surface area contributed by atoms with E-state index in [1.807, 2.05) is 6.08 Å². The monoisotopic (exact) mass is 136 g/mol. The Morgan fingerprint density at radius 2 is 2.50 bits per heavy atom. The van der Waals surface area contributed by atoms with E-state index in [0.717, 1.165) is 18.3 Å². The van der Waals surface area contributed by atoms with Gasteiger partial charge < -0.3 is 5.11 Å². The van der Waals surface area contributed by atoms with Crippen molar-refractivity contribution >= 4 is 0 Å². The van der Waals surface area contributed by atoms with Crippen LogP contribution in [-0.4, -0.2) is 5.11 Å². The Kier molecular flexibility index (Phi) is 2.32. The summed E-state index contributed by atoms with van der Waals surface area (Å²) < 4.78 is 0. The van der Waals surface area contributed by atoms with Gasteiger partial charge in [-0.15, -0.1) is 0 Å². The van der Waals surface area contributed by atoms with Crippen LogP contribution in [0.3, 0.4) is 0 Å². The molecule has 0 spiro atoms. The molecule has 0 aromatic heterocycles. The predicted octanol–water partition coefficient (Wildman–Crippen LogP) is 2.58. The van der Waals surface area contributed by atoms with E-state index >= 15 is 0 Å². The van der Waals surface area contributed by atoms with Crippen LogP contribution in [0.4, 0.5) is 0 Å². The Bertz CT molecular complexity index is 183. The zero-order valence-corrected chi connectivity index (χ0v) is 6.12. The highest BCUT2D eigenvalue weighted by Crippen LogP contribution is 2.15. The molecule has 0 amide bonds. The van der Waals surface area contributed by atoms with E-state index in [9.17, 15) is 0 Å². The third-order valence-corrected chi connectivity index (χ3v) is 1.56. The molecule has 0 bridgehead atoms. The van der Waals surface area contributed by atoms with Crippen LogP contribution in [0.15, 0.2) is 36.1 Å². The lowest BCUT2D eigenvalue weighted by Crippen LogP contribution is -1.92. The maximum Gasteiger partial charge on any atom is 0.0797 e. The first-order valence-electron chi connectivity index (χ1n) is 3.52. The number of hydrogen-bond donors (Lipinski definition) is 1. The summed E-state index contributed by atoms with van der Waals surface area (Å²) in [6.07, 6.45) is 10.2. The van der Waals surface area contributed by atoms with Crippen LogP contribution in [-0.2, 0) is 0 Å². The highest BCUT2D eigenvalue weighted by molar-refractivity contribution is 5.32. The third-order valence-electron chi connectivity index (χ3n) is 1.56. The Labute approximate surface area is 61.4 Å².